The molecule has 0 aliphatic carbocycles. The van der Waals surface area contributed by atoms with Crippen molar-refractivity contribution >= 4 is 17.5 Å². The first-order chi connectivity index (χ1) is 10.3. The van der Waals surface area contributed by atoms with Gasteiger partial charge in [0.05, 0.1) is 5.75 Å². The average molecular weight is 297 g/mol. The Morgan fingerprint density at radius 1 is 1.05 bits per heavy atom. The summed E-state index contributed by atoms with van der Waals surface area (Å²) in [5, 5.41) is 8.20. The van der Waals surface area contributed by atoms with Crippen molar-refractivity contribution in [3.8, 4) is 11.6 Å². The van der Waals surface area contributed by atoms with E-state index in [0.717, 1.165) is 0 Å². The fourth-order valence-electron chi connectivity index (χ4n) is 1.70. The highest BCUT2D eigenvalue weighted by atomic mass is 32.2. The second-order valence-corrected chi connectivity index (χ2v) is 5.09. The topological polar surface area (TPSA) is 68.9 Å². The predicted molar refractivity (Wildman–Crippen MR) is 79.0 cm³/mol. The van der Waals surface area contributed by atoms with Crippen LogP contribution in [-0.4, -0.2) is 26.7 Å². The highest BCUT2D eigenvalue weighted by Gasteiger charge is 2.12. The van der Waals surface area contributed by atoms with Gasteiger partial charge >= 0.3 is 0 Å². The first-order valence-electron chi connectivity index (χ1n) is 6.29. The Morgan fingerprint density at radius 3 is 2.62 bits per heavy atom. The highest BCUT2D eigenvalue weighted by molar-refractivity contribution is 7.99. The molecule has 0 saturated carbocycles. The highest BCUT2D eigenvalue weighted by Crippen LogP contribution is 2.22. The molecule has 2 heterocycles. The Balaban J connectivity index is 1.64. The van der Waals surface area contributed by atoms with Crippen LogP contribution in [0.25, 0.3) is 11.6 Å². The standard InChI is InChI=1S/C15H11N3O2S/c19-13(11-6-2-1-3-7-11)10-21-15-18-17-14(20-15)12-8-4-5-9-16-12/h1-9H,10H2. The zero-order valence-corrected chi connectivity index (χ0v) is 11.8. The van der Waals surface area contributed by atoms with Crippen LogP contribution in [0, 0.1) is 0 Å². The van der Waals surface area contributed by atoms with Gasteiger partial charge in [0, 0.05) is 11.8 Å². The first kappa shape index (κ1) is 13.5. The van der Waals surface area contributed by atoms with E-state index in [9.17, 15) is 4.79 Å². The van der Waals surface area contributed by atoms with Gasteiger partial charge in [0.1, 0.15) is 5.69 Å². The Labute approximate surface area is 125 Å². The van der Waals surface area contributed by atoms with Crippen LogP contribution >= 0.6 is 11.8 Å². The number of nitrogens with zero attached hydrogens (tertiary/aromatic N) is 3. The van der Waals surface area contributed by atoms with Crippen LogP contribution in [0.5, 0.6) is 0 Å². The molecular weight excluding hydrogens is 286 g/mol. The maximum absolute atomic E-state index is 12.0. The summed E-state index contributed by atoms with van der Waals surface area (Å²) in [6, 6.07) is 14.6. The van der Waals surface area contributed by atoms with Gasteiger partial charge in [0.25, 0.3) is 11.1 Å². The van der Waals surface area contributed by atoms with Crippen LogP contribution in [0.1, 0.15) is 10.4 Å². The van der Waals surface area contributed by atoms with Gasteiger partial charge in [-0.1, -0.05) is 48.2 Å². The van der Waals surface area contributed by atoms with Crippen molar-refractivity contribution in [2.45, 2.75) is 5.22 Å². The fourth-order valence-corrected chi connectivity index (χ4v) is 2.35. The predicted octanol–water partition coefficient (Wildman–Crippen LogP) is 3.11. The molecule has 0 unspecified atom stereocenters. The Morgan fingerprint density at radius 2 is 1.86 bits per heavy atom. The minimum absolute atomic E-state index is 0.0261. The minimum atomic E-state index is 0.0261. The molecule has 21 heavy (non-hydrogen) atoms. The summed E-state index contributed by atoms with van der Waals surface area (Å²) in [6.45, 7) is 0. The monoisotopic (exact) mass is 297 g/mol. The van der Waals surface area contributed by atoms with Crippen molar-refractivity contribution in [1.29, 1.82) is 0 Å². The summed E-state index contributed by atoms with van der Waals surface area (Å²) in [5.41, 5.74) is 1.29. The van der Waals surface area contributed by atoms with E-state index in [-0.39, 0.29) is 11.5 Å². The lowest BCUT2D eigenvalue weighted by Crippen LogP contribution is -2.01. The van der Waals surface area contributed by atoms with Crippen LogP contribution < -0.4 is 0 Å². The van der Waals surface area contributed by atoms with Crippen molar-refractivity contribution < 1.29 is 9.21 Å². The smallest absolute Gasteiger partial charge is 0.277 e. The van der Waals surface area contributed by atoms with Crippen molar-refractivity contribution in [3.63, 3.8) is 0 Å². The molecule has 0 aliphatic rings. The Kier molecular flexibility index (Phi) is 4.07. The number of carbonyl (C=O) groups is 1. The summed E-state index contributed by atoms with van der Waals surface area (Å²) in [4.78, 5) is 16.1. The van der Waals surface area contributed by atoms with Crippen LogP contribution in [0.4, 0.5) is 0 Å². The minimum Gasteiger partial charge on any atom is -0.410 e. The molecule has 6 heteroatoms. The molecule has 0 saturated heterocycles. The van der Waals surface area contributed by atoms with Gasteiger partial charge < -0.3 is 4.42 Å². The summed E-state index contributed by atoms with van der Waals surface area (Å²) in [6.07, 6.45) is 1.66. The van der Waals surface area contributed by atoms with Crippen molar-refractivity contribution in [2.24, 2.45) is 0 Å². The van der Waals surface area contributed by atoms with Gasteiger partial charge in [-0.25, -0.2) is 0 Å². The van der Waals surface area contributed by atoms with Gasteiger partial charge in [0.2, 0.25) is 0 Å². The number of thioether (sulfide) groups is 1. The normalized spacial score (nSPS) is 10.5. The third kappa shape index (κ3) is 3.35. The molecule has 0 bridgehead atoms. The van der Waals surface area contributed by atoms with Crippen LogP contribution in [0.15, 0.2) is 64.4 Å². The zero-order chi connectivity index (χ0) is 14.5. The van der Waals surface area contributed by atoms with E-state index in [0.29, 0.717) is 22.4 Å². The van der Waals surface area contributed by atoms with Gasteiger partial charge in [-0.3, -0.25) is 9.78 Å². The summed E-state index contributed by atoms with van der Waals surface area (Å²) in [7, 11) is 0. The van der Waals surface area contributed by atoms with E-state index >= 15 is 0 Å². The van der Waals surface area contributed by atoms with Crippen LogP contribution in [0.3, 0.4) is 0 Å². The van der Waals surface area contributed by atoms with Gasteiger partial charge in [-0.15, -0.1) is 10.2 Å². The van der Waals surface area contributed by atoms with E-state index in [4.69, 9.17) is 4.42 Å². The first-order valence-corrected chi connectivity index (χ1v) is 7.27. The number of ketones is 1. The summed E-state index contributed by atoms with van der Waals surface area (Å²) in [5.74, 6) is 0.636. The number of pyridine rings is 1. The second-order valence-electron chi connectivity index (χ2n) is 4.17. The molecule has 2 aromatic heterocycles. The molecular formula is C15H11N3O2S. The Hall–Kier alpha value is -2.47. The lowest BCUT2D eigenvalue weighted by Gasteiger charge is -1.97. The lowest BCUT2D eigenvalue weighted by atomic mass is 10.2. The maximum Gasteiger partial charge on any atom is 0.277 e. The quantitative estimate of drug-likeness (QED) is 0.532. The molecule has 3 rings (SSSR count). The van der Waals surface area contributed by atoms with Crippen LogP contribution in [-0.2, 0) is 0 Å². The molecule has 0 spiro atoms. The zero-order valence-electron chi connectivity index (χ0n) is 11.0. The molecule has 1 aromatic carbocycles. The molecule has 0 atom stereocenters. The molecule has 0 aliphatic heterocycles. The van der Waals surface area contributed by atoms with E-state index < -0.39 is 0 Å². The SMILES string of the molecule is O=C(CSc1nnc(-c2ccccn2)o1)c1ccccc1. The van der Waals surface area contributed by atoms with Crippen LogP contribution in [0.2, 0.25) is 0 Å². The summed E-state index contributed by atoms with van der Waals surface area (Å²) >= 11 is 1.22. The van der Waals surface area contributed by atoms with Crippen molar-refractivity contribution in [1.82, 2.24) is 15.2 Å². The average Bonchev–Trinajstić information content (AvgIpc) is 3.03. The van der Waals surface area contributed by atoms with E-state index in [2.05, 4.69) is 15.2 Å². The molecule has 0 N–H and O–H groups in total. The molecule has 3 aromatic rings. The third-order valence-electron chi connectivity index (χ3n) is 2.71. The second kappa shape index (κ2) is 6.32. The number of Topliss-reactive ketones (excluding diaryl/α,β-unsaturated/α-hetero) is 1. The fraction of sp³-hybridized carbons (Fsp3) is 0.0667. The van der Waals surface area contributed by atoms with Gasteiger partial charge in [-0.05, 0) is 12.1 Å². The van der Waals surface area contributed by atoms with Gasteiger partial charge in [0.15, 0.2) is 5.78 Å². The number of carbonyl (C=O) groups excluding carboxylic acids is 1. The molecule has 0 radical (unpaired) electrons. The number of benzene rings is 1. The largest absolute Gasteiger partial charge is 0.410 e. The van der Waals surface area contributed by atoms with E-state index in [1.54, 1.807) is 24.4 Å². The number of rotatable bonds is 5. The molecule has 0 amide bonds. The number of hydrogen-bond acceptors (Lipinski definition) is 6. The molecule has 5 nitrogen and oxygen atoms in total. The molecule has 104 valence electrons. The Bertz CT molecular complexity index is 729. The number of aromatic nitrogens is 3. The maximum atomic E-state index is 12.0. The number of hydrogen-bond donors (Lipinski definition) is 0. The lowest BCUT2D eigenvalue weighted by molar-refractivity contribution is 0.102. The third-order valence-corrected chi connectivity index (χ3v) is 3.53. The van der Waals surface area contributed by atoms with Gasteiger partial charge in [-0.2, -0.15) is 0 Å². The van der Waals surface area contributed by atoms with E-state index in [1.807, 2.05) is 30.3 Å². The summed E-state index contributed by atoms with van der Waals surface area (Å²) < 4.78 is 5.48. The van der Waals surface area contributed by atoms with E-state index in [1.165, 1.54) is 11.8 Å². The van der Waals surface area contributed by atoms with Crippen molar-refractivity contribution in [2.75, 3.05) is 5.75 Å². The van der Waals surface area contributed by atoms with Crippen molar-refractivity contribution in [3.05, 3.63) is 60.3 Å². The molecule has 0 fully saturated rings.